The summed E-state index contributed by atoms with van der Waals surface area (Å²) in [4.78, 5) is 8.53. The van der Waals surface area contributed by atoms with Crippen molar-refractivity contribution < 1.29 is 0 Å². The highest BCUT2D eigenvalue weighted by atomic mass is 15.0. The lowest BCUT2D eigenvalue weighted by Gasteiger charge is -2.10. The predicted octanol–water partition coefficient (Wildman–Crippen LogP) is 2.66. The van der Waals surface area contributed by atoms with Gasteiger partial charge < -0.3 is 16.4 Å². The van der Waals surface area contributed by atoms with Gasteiger partial charge in [0.1, 0.15) is 12.1 Å². The molecule has 3 aromatic rings. The minimum atomic E-state index is -0.127. The number of terminal acetylenes is 1. The van der Waals surface area contributed by atoms with E-state index in [0.717, 1.165) is 22.2 Å². The molecule has 0 atom stereocenters. The average Bonchev–Trinajstić information content (AvgIpc) is 2.55. The summed E-state index contributed by atoms with van der Waals surface area (Å²) in [6.07, 6.45) is 6.92. The first-order chi connectivity index (χ1) is 11.2. The number of anilines is 3. The Morgan fingerprint density at radius 3 is 2.78 bits per heavy atom. The molecule has 0 saturated carbocycles. The van der Waals surface area contributed by atoms with Gasteiger partial charge in [-0.2, -0.15) is 0 Å². The quantitative estimate of drug-likeness (QED) is 0.338. The van der Waals surface area contributed by atoms with Crippen molar-refractivity contribution in [2.24, 2.45) is 5.73 Å². The van der Waals surface area contributed by atoms with E-state index in [2.05, 4.69) is 26.5 Å². The van der Waals surface area contributed by atoms with Gasteiger partial charge >= 0.3 is 0 Å². The highest BCUT2D eigenvalue weighted by Gasteiger charge is 2.06. The van der Waals surface area contributed by atoms with Gasteiger partial charge in [0.2, 0.25) is 0 Å². The summed E-state index contributed by atoms with van der Waals surface area (Å²) in [5.41, 5.74) is 8.47. The summed E-state index contributed by atoms with van der Waals surface area (Å²) in [5.74, 6) is 3.12. The molecule has 0 aliphatic rings. The molecule has 0 amide bonds. The van der Waals surface area contributed by atoms with Gasteiger partial charge in [-0.3, -0.25) is 5.41 Å². The first-order valence-electron chi connectivity index (χ1n) is 6.85. The van der Waals surface area contributed by atoms with Gasteiger partial charge in [0.05, 0.1) is 5.52 Å². The minimum Gasteiger partial charge on any atom is -0.370 e. The Balaban J connectivity index is 2.02. The second-order valence-electron chi connectivity index (χ2n) is 4.84. The molecule has 0 saturated heterocycles. The van der Waals surface area contributed by atoms with Gasteiger partial charge in [0.25, 0.3) is 0 Å². The maximum Gasteiger partial charge on any atom is 0.190 e. The summed E-state index contributed by atoms with van der Waals surface area (Å²) >= 11 is 0. The fraction of sp³-hybridized carbons (Fsp3) is 0. The Kier molecular flexibility index (Phi) is 3.77. The molecule has 2 aromatic carbocycles. The number of benzene rings is 2. The van der Waals surface area contributed by atoms with Gasteiger partial charge in [0.15, 0.2) is 5.96 Å². The number of nitrogens with zero attached hydrogens (tertiary/aromatic N) is 2. The number of guanidine groups is 1. The second kappa shape index (κ2) is 6.03. The Hall–Kier alpha value is -3.59. The molecule has 0 aliphatic carbocycles. The number of rotatable bonds is 3. The smallest absolute Gasteiger partial charge is 0.190 e. The molecule has 6 heteroatoms. The Labute approximate surface area is 133 Å². The number of aromatic nitrogens is 2. The van der Waals surface area contributed by atoms with Crippen LogP contribution in [0, 0.1) is 17.8 Å². The van der Waals surface area contributed by atoms with Crippen LogP contribution in [0.25, 0.3) is 10.9 Å². The molecule has 0 unspecified atom stereocenters. The molecule has 1 aromatic heterocycles. The average molecular weight is 302 g/mol. The molecule has 5 N–H and O–H groups in total. The molecular weight excluding hydrogens is 288 g/mol. The van der Waals surface area contributed by atoms with E-state index in [1.165, 1.54) is 6.33 Å². The Morgan fingerprint density at radius 2 is 2.00 bits per heavy atom. The van der Waals surface area contributed by atoms with E-state index < -0.39 is 0 Å². The number of nitrogens with one attached hydrogen (secondary N) is 3. The number of nitrogens with two attached hydrogens (primary N) is 1. The molecule has 112 valence electrons. The minimum absolute atomic E-state index is 0.127. The third-order valence-corrected chi connectivity index (χ3v) is 3.21. The second-order valence-corrected chi connectivity index (χ2v) is 4.84. The van der Waals surface area contributed by atoms with Crippen molar-refractivity contribution in [3.63, 3.8) is 0 Å². The molecular formula is C17H14N6. The van der Waals surface area contributed by atoms with Crippen LogP contribution in [0.5, 0.6) is 0 Å². The topological polar surface area (TPSA) is 99.7 Å². The highest BCUT2D eigenvalue weighted by molar-refractivity contribution is 5.96. The van der Waals surface area contributed by atoms with Crippen LogP contribution < -0.4 is 16.4 Å². The van der Waals surface area contributed by atoms with Crippen LogP contribution in [0.3, 0.4) is 0 Å². The fourth-order valence-electron chi connectivity index (χ4n) is 2.21. The van der Waals surface area contributed by atoms with E-state index >= 15 is 0 Å². The van der Waals surface area contributed by atoms with Crippen LogP contribution in [0.2, 0.25) is 0 Å². The standard InChI is InChI=1S/C17H14N6/c1-2-11-4-3-5-12(8-11)22-16-14-9-13(23-17(18)19)6-7-15(14)20-10-21-16/h1,3-10H,(H4,18,19,23)(H,20,21,22). The van der Waals surface area contributed by atoms with E-state index in [0.29, 0.717) is 11.5 Å². The molecule has 1 heterocycles. The summed E-state index contributed by atoms with van der Waals surface area (Å²) in [7, 11) is 0. The summed E-state index contributed by atoms with van der Waals surface area (Å²) in [6.45, 7) is 0. The molecule has 0 spiro atoms. The Morgan fingerprint density at radius 1 is 1.13 bits per heavy atom. The lowest BCUT2D eigenvalue weighted by atomic mass is 10.2. The zero-order valence-corrected chi connectivity index (χ0v) is 12.2. The van der Waals surface area contributed by atoms with Crippen LogP contribution >= 0.6 is 0 Å². The van der Waals surface area contributed by atoms with Gasteiger partial charge in [-0.25, -0.2) is 9.97 Å². The molecule has 0 bridgehead atoms. The van der Waals surface area contributed by atoms with Crippen LogP contribution in [-0.2, 0) is 0 Å². The van der Waals surface area contributed by atoms with Gasteiger partial charge in [-0.1, -0.05) is 12.0 Å². The monoisotopic (exact) mass is 302 g/mol. The summed E-state index contributed by atoms with van der Waals surface area (Å²) in [6, 6.07) is 13.0. The van der Waals surface area contributed by atoms with Crippen LogP contribution in [0.15, 0.2) is 48.8 Å². The lowest BCUT2D eigenvalue weighted by molar-refractivity contribution is 1.22. The lowest BCUT2D eigenvalue weighted by Crippen LogP contribution is -2.20. The maximum atomic E-state index is 7.32. The van der Waals surface area contributed by atoms with E-state index in [-0.39, 0.29) is 5.96 Å². The zero-order valence-electron chi connectivity index (χ0n) is 12.2. The Bertz CT molecular complexity index is 926. The van der Waals surface area contributed by atoms with E-state index in [1.807, 2.05) is 36.4 Å². The van der Waals surface area contributed by atoms with E-state index in [9.17, 15) is 0 Å². The maximum absolute atomic E-state index is 7.32. The van der Waals surface area contributed by atoms with E-state index in [1.54, 1.807) is 6.07 Å². The molecule has 0 fully saturated rings. The van der Waals surface area contributed by atoms with Crippen LogP contribution in [-0.4, -0.2) is 15.9 Å². The zero-order chi connectivity index (χ0) is 16.2. The van der Waals surface area contributed by atoms with Crippen LogP contribution in [0.4, 0.5) is 17.2 Å². The van der Waals surface area contributed by atoms with Crippen molar-refractivity contribution in [1.29, 1.82) is 5.41 Å². The molecule has 0 aliphatic heterocycles. The van der Waals surface area contributed by atoms with Crippen LogP contribution in [0.1, 0.15) is 5.56 Å². The largest absolute Gasteiger partial charge is 0.370 e. The van der Waals surface area contributed by atoms with Crippen molar-refractivity contribution in [2.45, 2.75) is 0 Å². The van der Waals surface area contributed by atoms with Crippen molar-refractivity contribution in [3.05, 3.63) is 54.4 Å². The third-order valence-electron chi connectivity index (χ3n) is 3.21. The first-order valence-corrected chi connectivity index (χ1v) is 6.85. The van der Waals surface area contributed by atoms with E-state index in [4.69, 9.17) is 17.6 Å². The number of fused-ring (bicyclic) bond motifs is 1. The summed E-state index contributed by atoms with van der Waals surface area (Å²) in [5, 5.41) is 14.1. The number of hydrogen-bond donors (Lipinski definition) is 4. The molecule has 3 rings (SSSR count). The summed E-state index contributed by atoms with van der Waals surface area (Å²) < 4.78 is 0. The molecule has 6 nitrogen and oxygen atoms in total. The van der Waals surface area contributed by atoms with Crippen molar-refractivity contribution >= 4 is 34.1 Å². The van der Waals surface area contributed by atoms with Gasteiger partial charge in [-0.15, -0.1) is 6.42 Å². The normalized spacial score (nSPS) is 10.0. The SMILES string of the molecule is C#Cc1cccc(Nc2ncnc3ccc(NC(=N)N)cc23)c1. The van der Waals surface area contributed by atoms with Crippen molar-refractivity contribution in [2.75, 3.05) is 10.6 Å². The van der Waals surface area contributed by atoms with Gasteiger partial charge in [-0.05, 0) is 36.4 Å². The van der Waals surface area contributed by atoms with Crippen molar-refractivity contribution in [3.8, 4) is 12.3 Å². The highest BCUT2D eigenvalue weighted by Crippen LogP contribution is 2.26. The first kappa shape index (κ1) is 14.4. The predicted molar refractivity (Wildman–Crippen MR) is 92.7 cm³/mol. The fourth-order valence-corrected chi connectivity index (χ4v) is 2.21. The third kappa shape index (κ3) is 3.19. The van der Waals surface area contributed by atoms with Gasteiger partial charge in [0, 0.05) is 22.3 Å². The molecule has 23 heavy (non-hydrogen) atoms. The number of hydrogen-bond acceptors (Lipinski definition) is 4. The molecule has 0 radical (unpaired) electrons. The van der Waals surface area contributed by atoms with Crippen molar-refractivity contribution in [1.82, 2.24) is 9.97 Å².